The van der Waals surface area contributed by atoms with Gasteiger partial charge in [0.25, 0.3) is 14.3 Å². The van der Waals surface area contributed by atoms with E-state index in [-0.39, 0.29) is 9.77 Å². The molecule has 12 heavy (non-hydrogen) atoms. The molecule has 0 aliphatic rings. The Labute approximate surface area is 82.3 Å². The van der Waals surface area contributed by atoms with Gasteiger partial charge < -0.3 is 0 Å². The molecule has 1 rings (SSSR count). The number of thiophene rings is 1. The third-order valence-corrected chi connectivity index (χ3v) is 3.78. The van der Waals surface area contributed by atoms with Crippen LogP contribution in [0.3, 0.4) is 0 Å². The molecule has 0 aliphatic carbocycles. The lowest BCUT2D eigenvalue weighted by atomic mass is 10.5. The molecular weight excluding hydrogens is 243 g/mol. The van der Waals surface area contributed by atoms with Crippen LogP contribution in [0.1, 0.15) is 9.67 Å². The first-order valence-electron chi connectivity index (χ1n) is 2.64. The van der Waals surface area contributed by atoms with E-state index in [0.29, 0.717) is 0 Å². The zero-order chi connectivity index (χ0) is 9.35. The molecule has 7 heteroatoms. The van der Waals surface area contributed by atoms with E-state index >= 15 is 0 Å². The second-order valence-electron chi connectivity index (χ2n) is 1.86. The molecule has 0 N–H and O–H groups in total. The van der Waals surface area contributed by atoms with Crippen LogP contribution in [0.2, 0.25) is 0 Å². The van der Waals surface area contributed by atoms with Crippen molar-refractivity contribution in [2.45, 2.75) is 4.90 Å². The van der Waals surface area contributed by atoms with Crippen molar-refractivity contribution < 1.29 is 13.2 Å². The van der Waals surface area contributed by atoms with Gasteiger partial charge in [-0.15, -0.1) is 11.3 Å². The predicted octanol–water partition coefficient (Wildman–Crippen LogP) is 2.05. The number of rotatable bonds is 2. The van der Waals surface area contributed by atoms with Gasteiger partial charge in [-0.1, -0.05) is 0 Å². The summed E-state index contributed by atoms with van der Waals surface area (Å²) in [6, 6.07) is 1.14. The van der Waals surface area contributed by atoms with Gasteiger partial charge in [-0.05, 0) is 17.7 Å². The highest BCUT2D eigenvalue weighted by molar-refractivity contribution is 8.13. The second-order valence-corrected chi connectivity index (χ2v) is 5.68. The van der Waals surface area contributed by atoms with Crippen LogP contribution in [0.4, 0.5) is 0 Å². The van der Waals surface area contributed by atoms with E-state index in [2.05, 4.69) is 0 Å². The van der Waals surface area contributed by atoms with Gasteiger partial charge in [0.15, 0.2) is 0 Å². The fourth-order valence-electron chi connectivity index (χ4n) is 0.550. The van der Waals surface area contributed by atoms with E-state index in [1.165, 1.54) is 5.38 Å². The number of halogens is 2. The lowest BCUT2D eigenvalue weighted by molar-refractivity contribution is 0.108. The summed E-state index contributed by atoms with van der Waals surface area (Å²) < 4.78 is 21.4. The fourth-order valence-corrected chi connectivity index (χ4v) is 2.74. The quantitative estimate of drug-likeness (QED) is 0.749. The summed E-state index contributed by atoms with van der Waals surface area (Å²) in [6.45, 7) is 0. The second kappa shape index (κ2) is 3.33. The molecule has 0 fully saturated rings. The Morgan fingerprint density at radius 1 is 1.50 bits per heavy atom. The van der Waals surface area contributed by atoms with Crippen molar-refractivity contribution in [3.63, 3.8) is 0 Å². The number of hydrogen-bond acceptors (Lipinski definition) is 4. The Balaban J connectivity index is 3.17. The minimum absolute atomic E-state index is 0.0989. The molecule has 1 heterocycles. The van der Waals surface area contributed by atoms with Crippen LogP contribution >= 0.6 is 33.6 Å². The van der Waals surface area contributed by atoms with Crippen molar-refractivity contribution in [3.05, 3.63) is 16.3 Å². The van der Waals surface area contributed by atoms with Crippen LogP contribution in [-0.2, 0) is 9.05 Å². The third kappa shape index (κ3) is 2.20. The van der Waals surface area contributed by atoms with Gasteiger partial charge in [-0.25, -0.2) is 8.42 Å². The summed E-state index contributed by atoms with van der Waals surface area (Å²) in [6.07, 6.45) is 0. The van der Waals surface area contributed by atoms with E-state index in [1.54, 1.807) is 0 Å². The van der Waals surface area contributed by atoms with E-state index in [0.717, 1.165) is 17.4 Å². The average molecular weight is 245 g/mol. The number of carbonyl (C=O) groups is 1. The molecule has 0 atom stereocenters. The Morgan fingerprint density at radius 3 is 2.33 bits per heavy atom. The maximum absolute atomic E-state index is 10.7. The monoisotopic (exact) mass is 244 g/mol. The smallest absolute Gasteiger partial charge is 0.262 e. The fraction of sp³-hybridized carbons (Fsp3) is 0. The molecule has 1 aromatic heterocycles. The Hall–Kier alpha value is -0.100. The van der Waals surface area contributed by atoms with Gasteiger partial charge in [0.1, 0.15) is 0 Å². The van der Waals surface area contributed by atoms with Crippen molar-refractivity contribution >= 4 is 47.9 Å². The van der Waals surface area contributed by atoms with Crippen molar-refractivity contribution in [2.24, 2.45) is 0 Å². The maximum atomic E-state index is 10.7. The maximum Gasteiger partial charge on any atom is 0.262 e. The predicted molar refractivity (Wildman–Crippen MR) is 47.5 cm³/mol. The van der Waals surface area contributed by atoms with Crippen LogP contribution in [0.15, 0.2) is 16.3 Å². The number of hydrogen-bond donors (Lipinski definition) is 0. The lowest BCUT2D eigenvalue weighted by Crippen LogP contribution is -1.87. The Morgan fingerprint density at radius 2 is 2.08 bits per heavy atom. The van der Waals surface area contributed by atoms with Gasteiger partial charge in [0.05, 0.1) is 9.77 Å². The van der Waals surface area contributed by atoms with Crippen LogP contribution in [0.5, 0.6) is 0 Å². The van der Waals surface area contributed by atoms with Gasteiger partial charge in [0, 0.05) is 16.1 Å². The minimum atomic E-state index is -3.74. The highest BCUT2D eigenvalue weighted by Gasteiger charge is 2.14. The van der Waals surface area contributed by atoms with E-state index in [4.69, 9.17) is 22.3 Å². The summed E-state index contributed by atoms with van der Waals surface area (Å²) in [7, 11) is 1.26. The normalized spacial score (nSPS) is 11.5. The van der Waals surface area contributed by atoms with E-state index in [1.807, 2.05) is 0 Å². The minimum Gasteiger partial charge on any atom is -0.275 e. The number of carbonyl (C=O) groups excluding carboxylic acids is 1. The molecule has 3 nitrogen and oxygen atoms in total. The topological polar surface area (TPSA) is 51.2 Å². The van der Waals surface area contributed by atoms with Gasteiger partial charge >= 0.3 is 0 Å². The highest BCUT2D eigenvalue weighted by Crippen LogP contribution is 2.23. The largest absolute Gasteiger partial charge is 0.275 e. The molecule has 0 saturated heterocycles. The standard InChI is InChI=1S/C5H2Cl2O3S2/c6-5(8)4-1-3(2-11-4)12(7,9)10/h1-2H. The molecule has 0 bridgehead atoms. The summed E-state index contributed by atoms with van der Waals surface area (Å²) in [4.78, 5) is 10.6. The van der Waals surface area contributed by atoms with Crippen LogP contribution in [0, 0.1) is 0 Å². The van der Waals surface area contributed by atoms with Gasteiger partial charge in [-0.3, -0.25) is 4.79 Å². The van der Waals surface area contributed by atoms with E-state index in [9.17, 15) is 13.2 Å². The van der Waals surface area contributed by atoms with Gasteiger partial charge in [-0.2, -0.15) is 0 Å². The molecule has 66 valence electrons. The summed E-state index contributed by atoms with van der Waals surface area (Å²) in [5, 5.41) is 0.573. The first-order chi connectivity index (χ1) is 5.41. The molecule has 0 spiro atoms. The van der Waals surface area contributed by atoms with Crippen LogP contribution in [-0.4, -0.2) is 13.7 Å². The molecule has 0 aliphatic heterocycles. The summed E-state index contributed by atoms with van der Waals surface area (Å²) in [5.41, 5.74) is 0. The van der Waals surface area contributed by atoms with Crippen molar-refractivity contribution in [3.8, 4) is 0 Å². The summed E-state index contributed by atoms with van der Waals surface area (Å²) in [5.74, 6) is 0. The zero-order valence-corrected chi connectivity index (χ0v) is 8.60. The van der Waals surface area contributed by atoms with Crippen molar-refractivity contribution in [2.75, 3.05) is 0 Å². The first-order valence-corrected chi connectivity index (χ1v) is 6.21. The van der Waals surface area contributed by atoms with Gasteiger partial charge in [0.2, 0.25) is 0 Å². The van der Waals surface area contributed by atoms with Crippen LogP contribution in [0.25, 0.3) is 0 Å². The SMILES string of the molecule is O=C(Cl)c1cc(S(=O)(=O)Cl)cs1. The molecular formula is C5H2Cl2O3S2. The molecule has 0 radical (unpaired) electrons. The Kier molecular flexibility index (Phi) is 2.77. The van der Waals surface area contributed by atoms with Crippen LogP contribution < -0.4 is 0 Å². The van der Waals surface area contributed by atoms with Crippen molar-refractivity contribution in [1.82, 2.24) is 0 Å². The lowest BCUT2D eigenvalue weighted by Gasteiger charge is -1.84. The van der Waals surface area contributed by atoms with E-state index < -0.39 is 14.3 Å². The molecule has 1 aromatic rings. The molecule has 0 aromatic carbocycles. The summed E-state index contributed by atoms with van der Waals surface area (Å²) >= 11 is 6.04. The van der Waals surface area contributed by atoms with Crippen molar-refractivity contribution in [1.29, 1.82) is 0 Å². The molecule has 0 amide bonds. The average Bonchev–Trinajstić information content (AvgIpc) is 2.30. The molecule has 0 unspecified atom stereocenters. The Bertz CT molecular complexity index is 406. The third-order valence-electron chi connectivity index (χ3n) is 1.05. The zero-order valence-electron chi connectivity index (χ0n) is 5.45. The first kappa shape index (κ1) is 9.98. The highest BCUT2D eigenvalue weighted by atomic mass is 35.7. The molecule has 0 saturated carbocycles.